The summed E-state index contributed by atoms with van der Waals surface area (Å²) in [7, 11) is 0. The van der Waals surface area contributed by atoms with Crippen LogP contribution in [0.2, 0.25) is 5.02 Å². The van der Waals surface area contributed by atoms with Crippen LogP contribution in [0.5, 0.6) is 17.2 Å². The van der Waals surface area contributed by atoms with Crippen molar-refractivity contribution in [1.29, 1.82) is 0 Å². The summed E-state index contributed by atoms with van der Waals surface area (Å²) in [6.45, 7) is 1.94. The standard InChI is InChI=1S/C17H15ClN2O6/c1-10(26-14-5-3-12(18)7-13(14)20(22)23)17(21)19-8-11-2-4-15-16(6-11)25-9-24-15/h2-7,10H,8-9H2,1H3,(H,19,21)/t10-/m0/s1. The lowest BCUT2D eigenvalue weighted by atomic mass is 10.2. The number of carbonyl (C=O) groups is 1. The van der Waals surface area contributed by atoms with Crippen molar-refractivity contribution in [3.8, 4) is 17.2 Å². The minimum absolute atomic E-state index is 0.0230. The second-order valence-electron chi connectivity index (χ2n) is 5.53. The number of hydrogen-bond donors (Lipinski definition) is 1. The molecule has 0 unspecified atom stereocenters. The van der Waals surface area contributed by atoms with E-state index in [-0.39, 0.29) is 29.8 Å². The van der Waals surface area contributed by atoms with Crippen LogP contribution in [-0.2, 0) is 11.3 Å². The van der Waals surface area contributed by atoms with Gasteiger partial charge in [-0.3, -0.25) is 14.9 Å². The predicted molar refractivity (Wildman–Crippen MR) is 92.6 cm³/mol. The molecule has 2 aromatic carbocycles. The molecule has 1 aliphatic heterocycles. The summed E-state index contributed by atoms with van der Waals surface area (Å²) in [6, 6.07) is 9.35. The zero-order chi connectivity index (χ0) is 18.7. The maximum absolute atomic E-state index is 12.2. The van der Waals surface area contributed by atoms with E-state index >= 15 is 0 Å². The molecule has 0 fully saturated rings. The van der Waals surface area contributed by atoms with E-state index in [1.54, 1.807) is 12.1 Å². The van der Waals surface area contributed by atoms with Gasteiger partial charge in [-0.15, -0.1) is 0 Å². The van der Waals surface area contributed by atoms with Crippen LogP contribution in [0.25, 0.3) is 0 Å². The smallest absolute Gasteiger partial charge is 0.312 e. The summed E-state index contributed by atoms with van der Waals surface area (Å²) in [4.78, 5) is 22.7. The molecule has 0 saturated carbocycles. The van der Waals surface area contributed by atoms with Crippen LogP contribution in [0, 0.1) is 10.1 Å². The quantitative estimate of drug-likeness (QED) is 0.612. The first-order chi connectivity index (χ1) is 12.4. The Morgan fingerprint density at radius 1 is 1.31 bits per heavy atom. The van der Waals surface area contributed by atoms with Crippen molar-refractivity contribution in [2.24, 2.45) is 0 Å². The van der Waals surface area contributed by atoms with E-state index in [0.29, 0.717) is 11.5 Å². The number of fused-ring (bicyclic) bond motifs is 1. The topological polar surface area (TPSA) is 99.9 Å². The summed E-state index contributed by atoms with van der Waals surface area (Å²) in [5, 5.41) is 14.0. The maximum atomic E-state index is 12.2. The van der Waals surface area contributed by atoms with Crippen LogP contribution >= 0.6 is 11.6 Å². The Bertz CT molecular complexity index is 857. The van der Waals surface area contributed by atoms with E-state index in [2.05, 4.69) is 5.32 Å². The van der Waals surface area contributed by atoms with Gasteiger partial charge in [0.15, 0.2) is 23.4 Å². The molecule has 1 aliphatic rings. The lowest BCUT2D eigenvalue weighted by Gasteiger charge is -2.15. The molecule has 26 heavy (non-hydrogen) atoms. The number of nitro benzene ring substituents is 1. The summed E-state index contributed by atoms with van der Waals surface area (Å²) in [5.41, 5.74) is 0.528. The zero-order valence-corrected chi connectivity index (χ0v) is 14.5. The van der Waals surface area contributed by atoms with Gasteiger partial charge in [-0.2, -0.15) is 0 Å². The summed E-state index contributed by atoms with van der Waals surface area (Å²) >= 11 is 5.76. The van der Waals surface area contributed by atoms with Crippen molar-refractivity contribution in [3.63, 3.8) is 0 Å². The molecular weight excluding hydrogens is 364 g/mol. The predicted octanol–water partition coefficient (Wildman–Crippen LogP) is 3.06. The van der Waals surface area contributed by atoms with Crippen molar-refractivity contribution in [2.45, 2.75) is 19.6 Å². The van der Waals surface area contributed by atoms with Crippen LogP contribution in [0.15, 0.2) is 36.4 Å². The number of halogens is 1. The summed E-state index contributed by atoms with van der Waals surface area (Å²) in [6.07, 6.45) is -0.927. The average Bonchev–Trinajstić information content (AvgIpc) is 3.08. The van der Waals surface area contributed by atoms with E-state index in [1.807, 2.05) is 6.07 Å². The number of nitrogens with one attached hydrogen (secondary N) is 1. The Labute approximate surface area is 153 Å². The number of benzene rings is 2. The normalized spacial score (nSPS) is 13.2. The lowest BCUT2D eigenvalue weighted by molar-refractivity contribution is -0.386. The molecule has 9 heteroatoms. The number of hydrogen-bond acceptors (Lipinski definition) is 6. The van der Waals surface area contributed by atoms with Gasteiger partial charge in [-0.25, -0.2) is 0 Å². The van der Waals surface area contributed by atoms with Gasteiger partial charge in [0.2, 0.25) is 6.79 Å². The Hall–Kier alpha value is -3.00. The van der Waals surface area contributed by atoms with E-state index in [1.165, 1.54) is 25.1 Å². The van der Waals surface area contributed by atoms with Gasteiger partial charge in [-0.1, -0.05) is 17.7 Å². The van der Waals surface area contributed by atoms with Crippen molar-refractivity contribution in [1.82, 2.24) is 5.32 Å². The Kier molecular flexibility index (Phi) is 5.13. The molecule has 0 saturated heterocycles. The number of carbonyl (C=O) groups excluding carboxylic acids is 1. The highest BCUT2D eigenvalue weighted by atomic mass is 35.5. The number of rotatable bonds is 6. The van der Waals surface area contributed by atoms with Crippen molar-refractivity contribution in [2.75, 3.05) is 6.79 Å². The molecule has 2 aromatic rings. The molecule has 3 rings (SSSR count). The van der Waals surface area contributed by atoms with Crippen LogP contribution in [0.1, 0.15) is 12.5 Å². The average molecular weight is 379 g/mol. The van der Waals surface area contributed by atoms with Gasteiger partial charge >= 0.3 is 5.69 Å². The Morgan fingerprint density at radius 2 is 2.08 bits per heavy atom. The third-order valence-corrected chi connectivity index (χ3v) is 3.93. The molecule has 0 radical (unpaired) electrons. The first-order valence-corrected chi connectivity index (χ1v) is 8.08. The molecule has 1 N–H and O–H groups in total. The van der Waals surface area contributed by atoms with E-state index in [0.717, 1.165) is 5.56 Å². The fourth-order valence-corrected chi connectivity index (χ4v) is 2.53. The minimum atomic E-state index is -0.927. The number of amides is 1. The van der Waals surface area contributed by atoms with E-state index in [9.17, 15) is 14.9 Å². The van der Waals surface area contributed by atoms with Gasteiger partial charge in [0, 0.05) is 17.6 Å². The summed E-state index contributed by atoms with van der Waals surface area (Å²) in [5.74, 6) is 0.849. The molecule has 0 aromatic heterocycles. The van der Waals surface area contributed by atoms with E-state index in [4.69, 9.17) is 25.8 Å². The molecule has 136 valence electrons. The highest BCUT2D eigenvalue weighted by Crippen LogP contribution is 2.32. The summed E-state index contributed by atoms with van der Waals surface area (Å²) < 4.78 is 15.9. The maximum Gasteiger partial charge on any atom is 0.312 e. The van der Waals surface area contributed by atoms with Crippen LogP contribution in [-0.4, -0.2) is 23.7 Å². The molecular formula is C17H15ClN2O6. The first-order valence-electron chi connectivity index (χ1n) is 7.71. The number of nitrogens with zero attached hydrogens (tertiary/aromatic N) is 1. The second-order valence-corrected chi connectivity index (χ2v) is 5.97. The zero-order valence-electron chi connectivity index (χ0n) is 13.7. The Balaban J connectivity index is 1.61. The molecule has 1 amide bonds. The third kappa shape index (κ3) is 3.97. The fourth-order valence-electron chi connectivity index (χ4n) is 2.36. The van der Waals surface area contributed by atoms with Crippen LogP contribution < -0.4 is 19.5 Å². The van der Waals surface area contributed by atoms with Crippen molar-refractivity contribution in [3.05, 3.63) is 57.1 Å². The Morgan fingerprint density at radius 3 is 2.85 bits per heavy atom. The monoisotopic (exact) mass is 378 g/mol. The van der Waals surface area contributed by atoms with Gasteiger partial charge in [0.05, 0.1) is 4.92 Å². The SMILES string of the molecule is C[C@H](Oc1ccc(Cl)cc1[N+](=O)[O-])C(=O)NCc1ccc2c(c1)OCO2. The van der Waals surface area contributed by atoms with Crippen molar-refractivity contribution >= 4 is 23.2 Å². The van der Waals surface area contributed by atoms with Crippen molar-refractivity contribution < 1.29 is 23.9 Å². The molecule has 0 aliphatic carbocycles. The van der Waals surface area contributed by atoms with Crippen LogP contribution in [0.4, 0.5) is 5.69 Å². The van der Waals surface area contributed by atoms with Crippen LogP contribution in [0.3, 0.4) is 0 Å². The molecule has 1 heterocycles. The highest BCUT2D eigenvalue weighted by molar-refractivity contribution is 6.30. The molecule has 0 bridgehead atoms. The minimum Gasteiger partial charge on any atom is -0.474 e. The molecule has 0 spiro atoms. The first kappa shape index (κ1) is 17.8. The van der Waals surface area contributed by atoms with Gasteiger partial charge in [0.25, 0.3) is 5.91 Å². The molecule has 8 nitrogen and oxygen atoms in total. The second kappa shape index (κ2) is 7.49. The van der Waals surface area contributed by atoms with Gasteiger partial charge in [-0.05, 0) is 36.8 Å². The van der Waals surface area contributed by atoms with Gasteiger partial charge < -0.3 is 19.5 Å². The lowest BCUT2D eigenvalue weighted by Crippen LogP contribution is -2.36. The number of nitro groups is 1. The number of ether oxygens (including phenoxy) is 3. The van der Waals surface area contributed by atoms with Gasteiger partial charge in [0.1, 0.15) is 0 Å². The highest BCUT2D eigenvalue weighted by Gasteiger charge is 2.22. The third-order valence-electron chi connectivity index (χ3n) is 3.69. The van der Waals surface area contributed by atoms with E-state index < -0.39 is 16.9 Å². The fraction of sp³-hybridized carbons (Fsp3) is 0.235. The largest absolute Gasteiger partial charge is 0.474 e. The molecule has 1 atom stereocenters.